The van der Waals surface area contributed by atoms with Crippen LogP contribution in [-0.4, -0.2) is 77.8 Å². The molecule has 2 aliphatic rings. The number of carboxylic acid groups (broad SMARTS) is 1. The maximum Gasteiger partial charge on any atom is 0.411 e. The van der Waals surface area contributed by atoms with Crippen LogP contribution in [0.2, 0.25) is 0 Å². The molecule has 0 aliphatic carbocycles. The first-order valence-corrected chi connectivity index (χ1v) is 8.36. The summed E-state index contributed by atoms with van der Waals surface area (Å²) in [5.74, 6) is -8.02. The molecule has 0 aromatic rings. The fourth-order valence-electron chi connectivity index (χ4n) is 2.57. The minimum Gasteiger partial charge on any atom is -0.480 e. The Morgan fingerprint density at radius 2 is 1.68 bits per heavy atom. The number of aliphatic carboxylic acids is 1. The first kappa shape index (κ1) is 23.9. The van der Waals surface area contributed by atoms with Gasteiger partial charge in [0.05, 0.1) is 20.2 Å². The first-order valence-electron chi connectivity index (χ1n) is 8.36. The molecular weight excluding hydrogens is 392 g/mol. The number of hydrogen-bond acceptors (Lipinski definition) is 6. The van der Waals surface area contributed by atoms with E-state index in [-0.39, 0.29) is 0 Å². The van der Waals surface area contributed by atoms with E-state index >= 15 is 0 Å². The Morgan fingerprint density at radius 1 is 1.11 bits per heavy atom. The minimum absolute atomic E-state index is 0.524. The van der Waals surface area contributed by atoms with Gasteiger partial charge in [0.1, 0.15) is 17.7 Å². The SMILES string of the molecule is COC(=O)[C@@H]1CC(F)(F)CN1C(=O)OC(C)(C)C.O=C(O)[C@@H]1CC(F)(F)CN1. The fraction of sp³-hybridized carbons (Fsp3) is 0.812. The third-order valence-corrected chi connectivity index (χ3v) is 3.78. The highest BCUT2D eigenvalue weighted by Gasteiger charge is 2.51. The zero-order valence-electron chi connectivity index (χ0n) is 15.9. The van der Waals surface area contributed by atoms with Crippen molar-refractivity contribution < 1.29 is 46.5 Å². The molecule has 0 aromatic carbocycles. The van der Waals surface area contributed by atoms with Crippen LogP contribution in [0, 0.1) is 0 Å². The lowest BCUT2D eigenvalue weighted by Crippen LogP contribution is -2.44. The molecule has 0 spiro atoms. The smallest absolute Gasteiger partial charge is 0.411 e. The van der Waals surface area contributed by atoms with Gasteiger partial charge in [-0.2, -0.15) is 0 Å². The number of methoxy groups -OCH3 is 1. The number of ether oxygens (including phenoxy) is 2. The molecule has 8 nitrogen and oxygen atoms in total. The van der Waals surface area contributed by atoms with Gasteiger partial charge >= 0.3 is 18.0 Å². The lowest BCUT2D eigenvalue weighted by molar-refractivity contribution is -0.146. The van der Waals surface area contributed by atoms with E-state index < -0.39 is 73.5 Å². The van der Waals surface area contributed by atoms with E-state index in [9.17, 15) is 31.9 Å². The highest BCUT2D eigenvalue weighted by Crippen LogP contribution is 2.33. The molecule has 1 amide bonds. The summed E-state index contributed by atoms with van der Waals surface area (Å²) in [7, 11) is 1.09. The van der Waals surface area contributed by atoms with E-state index in [1.807, 2.05) is 0 Å². The van der Waals surface area contributed by atoms with Crippen molar-refractivity contribution in [2.75, 3.05) is 20.2 Å². The van der Waals surface area contributed by atoms with Crippen LogP contribution in [0.25, 0.3) is 0 Å². The molecule has 0 bridgehead atoms. The van der Waals surface area contributed by atoms with Gasteiger partial charge in [-0.15, -0.1) is 0 Å². The van der Waals surface area contributed by atoms with Crippen LogP contribution in [0.3, 0.4) is 0 Å². The molecule has 2 saturated heterocycles. The zero-order valence-corrected chi connectivity index (χ0v) is 15.9. The van der Waals surface area contributed by atoms with Crippen LogP contribution in [0.15, 0.2) is 0 Å². The van der Waals surface area contributed by atoms with Gasteiger partial charge in [-0.25, -0.2) is 27.2 Å². The summed E-state index contributed by atoms with van der Waals surface area (Å²) >= 11 is 0. The maximum absolute atomic E-state index is 13.3. The van der Waals surface area contributed by atoms with Crippen LogP contribution in [-0.2, 0) is 19.1 Å². The lowest BCUT2D eigenvalue weighted by Gasteiger charge is -2.26. The number of halogens is 4. The number of likely N-dealkylation sites (tertiary alicyclic amines) is 1. The average Bonchev–Trinajstić information content (AvgIpc) is 3.04. The van der Waals surface area contributed by atoms with Crippen molar-refractivity contribution in [3.8, 4) is 0 Å². The van der Waals surface area contributed by atoms with Gasteiger partial charge in [0, 0.05) is 12.8 Å². The van der Waals surface area contributed by atoms with Crippen molar-refractivity contribution in [1.29, 1.82) is 0 Å². The van der Waals surface area contributed by atoms with E-state index in [1.54, 1.807) is 20.8 Å². The molecule has 2 fully saturated rings. The molecule has 0 unspecified atom stereocenters. The monoisotopic (exact) mass is 416 g/mol. The summed E-state index contributed by atoms with van der Waals surface area (Å²) in [6, 6.07) is -2.37. The van der Waals surface area contributed by atoms with E-state index in [0.717, 1.165) is 12.0 Å². The number of esters is 1. The highest BCUT2D eigenvalue weighted by atomic mass is 19.3. The lowest BCUT2D eigenvalue weighted by atomic mass is 10.2. The van der Waals surface area contributed by atoms with Gasteiger partial charge in [-0.1, -0.05) is 0 Å². The number of carbonyl (C=O) groups excluding carboxylic acids is 2. The maximum atomic E-state index is 13.3. The number of alkyl halides is 4. The number of amides is 1. The third kappa shape index (κ3) is 7.13. The van der Waals surface area contributed by atoms with Gasteiger partial charge in [-0.3, -0.25) is 15.0 Å². The van der Waals surface area contributed by atoms with Crippen LogP contribution in [0.5, 0.6) is 0 Å². The van der Waals surface area contributed by atoms with Gasteiger partial charge in [0.15, 0.2) is 0 Å². The Morgan fingerprint density at radius 3 is 2.04 bits per heavy atom. The van der Waals surface area contributed by atoms with Crippen molar-refractivity contribution in [1.82, 2.24) is 10.2 Å². The number of hydrogen-bond donors (Lipinski definition) is 2. The first-order chi connectivity index (χ1) is 12.6. The summed E-state index contributed by atoms with van der Waals surface area (Å²) in [5, 5.41) is 10.4. The molecule has 0 radical (unpaired) electrons. The van der Waals surface area contributed by atoms with Crippen LogP contribution >= 0.6 is 0 Å². The molecule has 0 saturated carbocycles. The van der Waals surface area contributed by atoms with Crippen LogP contribution < -0.4 is 5.32 Å². The Hall–Kier alpha value is -2.11. The molecule has 12 heteroatoms. The normalized spacial score (nSPS) is 25.5. The number of rotatable bonds is 2. The van der Waals surface area contributed by atoms with E-state index in [4.69, 9.17) is 9.84 Å². The van der Waals surface area contributed by atoms with Gasteiger partial charge in [-0.05, 0) is 20.8 Å². The van der Waals surface area contributed by atoms with Gasteiger partial charge < -0.3 is 14.6 Å². The molecule has 2 aliphatic heterocycles. The quantitative estimate of drug-likeness (QED) is 0.523. The highest BCUT2D eigenvalue weighted by molar-refractivity contribution is 5.82. The Kier molecular flexibility index (Phi) is 7.26. The van der Waals surface area contributed by atoms with Crippen molar-refractivity contribution in [2.24, 2.45) is 0 Å². The second kappa shape index (κ2) is 8.50. The second-order valence-corrected chi connectivity index (χ2v) is 7.54. The zero-order chi connectivity index (χ0) is 21.9. The second-order valence-electron chi connectivity index (χ2n) is 7.54. The molecule has 28 heavy (non-hydrogen) atoms. The van der Waals surface area contributed by atoms with E-state index in [2.05, 4.69) is 10.1 Å². The third-order valence-electron chi connectivity index (χ3n) is 3.78. The Bertz CT molecular complexity index is 608. The van der Waals surface area contributed by atoms with E-state index in [1.165, 1.54) is 0 Å². The van der Waals surface area contributed by atoms with E-state index in [0.29, 0.717) is 0 Å². The molecular formula is C16H24F4N2O6. The van der Waals surface area contributed by atoms with Crippen molar-refractivity contribution in [3.63, 3.8) is 0 Å². The summed E-state index contributed by atoms with van der Waals surface area (Å²) in [4.78, 5) is 33.9. The molecule has 2 heterocycles. The Labute approximate surface area is 159 Å². The standard InChI is InChI=1S/C11H17F2NO4.C5H7F2NO2/c1-10(2,3)18-9(16)14-6-11(12,13)5-7(14)8(15)17-4;6-5(7)1-3(4(9)10)8-2-5/h7H,5-6H2,1-4H3;3,8H,1-2H2,(H,9,10)/t7-;3-/m00/s1. The number of carbonyl (C=O) groups is 3. The number of carboxylic acids is 1. The van der Waals surface area contributed by atoms with Gasteiger partial charge in [0.2, 0.25) is 0 Å². The average molecular weight is 416 g/mol. The summed E-state index contributed by atoms with van der Waals surface area (Å²) in [6.07, 6.45) is -2.27. The van der Waals surface area contributed by atoms with Crippen LogP contribution in [0.1, 0.15) is 33.6 Å². The van der Waals surface area contributed by atoms with Crippen molar-refractivity contribution in [2.45, 2.75) is 63.1 Å². The Balaban J connectivity index is 0.000000330. The molecule has 162 valence electrons. The minimum atomic E-state index is -3.10. The molecule has 2 atom stereocenters. The fourth-order valence-corrected chi connectivity index (χ4v) is 2.57. The van der Waals surface area contributed by atoms with Crippen molar-refractivity contribution >= 4 is 18.0 Å². The molecule has 2 rings (SSSR count). The molecule has 2 N–H and O–H groups in total. The summed E-state index contributed by atoms with van der Waals surface area (Å²) in [5.41, 5.74) is -0.810. The largest absolute Gasteiger partial charge is 0.480 e. The van der Waals surface area contributed by atoms with Crippen molar-refractivity contribution in [3.05, 3.63) is 0 Å². The molecule has 0 aromatic heterocycles. The number of nitrogens with zero attached hydrogens (tertiary/aromatic N) is 1. The summed E-state index contributed by atoms with van der Waals surface area (Å²) < 4.78 is 60.4. The predicted octanol–water partition coefficient (Wildman–Crippen LogP) is 1.87. The van der Waals surface area contributed by atoms with Gasteiger partial charge in [0.25, 0.3) is 11.8 Å². The topological polar surface area (TPSA) is 105 Å². The predicted molar refractivity (Wildman–Crippen MR) is 87.3 cm³/mol. The summed E-state index contributed by atoms with van der Waals surface area (Å²) in [6.45, 7) is 3.50. The number of nitrogens with one attached hydrogen (secondary N) is 1. The van der Waals surface area contributed by atoms with Crippen LogP contribution in [0.4, 0.5) is 22.4 Å².